The molecule has 1 atom stereocenters. The fraction of sp³-hybridized carbons (Fsp3) is 0.562. The molecular formula is C16H23N3O. The number of nitrogens with one attached hydrogen (secondary N) is 1. The van der Waals surface area contributed by atoms with Crippen molar-refractivity contribution >= 4 is 0 Å². The molecule has 20 heavy (non-hydrogen) atoms. The number of hydrogen-bond acceptors (Lipinski definition) is 4. The van der Waals surface area contributed by atoms with E-state index in [-0.39, 0.29) is 0 Å². The van der Waals surface area contributed by atoms with Gasteiger partial charge in [-0.1, -0.05) is 0 Å². The molecule has 4 nitrogen and oxygen atoms in total. The van der Waals surface area contributed by atoms with E-state index in [4.69, 9.17) is 10.00 Å². The first-order valence-corrected chi connectivity index (χ1v) is 7.22. The fourth-order valence-corrected chi connectivity index (χ4v) is 2.81. The minimum absolute atomic E-state index is 0.598. The lowest BCUT2D eigenvalue weighted by Crippen LogP contribution is -2.32. The summed E-state index contributed by atoms with van der Waals surface area (Å²) in [5.41, 5.74) is 1.78. The molecule has 0 spiro atoms. The highest BCUT2D eigenvalue weighted by atomic mass is 16.5. The van der Waals surface area contributed by atoms with E-state index in [9.17, 15) is 0 Å². The molecule has 1 saturated heterocycles. The van der Waals surface area contributed by atoms with E-state index in [0.717, 1.165) is 30.9 Å². The third-order valence-corrected chi connectivity index (χ3v) is 4.00. The second kappa shape index (κ2) is 7.28. The highest BCUT2D eigenvalue weighted by Gasteiger charge is 2.18. The van der Waals surface area contributed by atoms with Crippen LogP contribution in [0.1, 0.15) is 30.4 Å². The number of methoxy groups -OCH3 is 1. The average Bonchev–Trinajstić information content (AvgIpc) is 2.76. The minimum Gasteiger partial charge on any atom is -0.496 e. The van der Waals surface area contributed by atoms with Crippen molar-refractivity contribution in [3.8, 4) is 11.8 Å². The maximum Gasteiger partial charge on any atom is 0.123 e. The van der Waals surface area contributed by atoms with Gasteiger partial charge in [-0.25, -0.2) is 0 Å². The predicted octanol–water partition coefficient (Wildman–Crippen LogP) is 2.14. The van der Waals surface area contributed by atoms with Gasteiger partial charge in [0.15, 0.2) is 0 Å². The lowest BCUT2D eigenvalue weighted by atomic mass is 10.1. The van der Waals surface area contributed by atoms with Crippen LogP contribution in [0, 0.1) is 11.3 Å². The Hall–Kier alpha value is -1.57. The Morgan fingerprint density at radius 2 is 2.25 bits per heavy atom. The molecule has 1 heterocycles. The van der Waals surface area contributed by atoms with Gasteiger partial charge in [-0.05, 0) is 57.6 Å². The lowest BCUT2D eigenvalue weighted by molar-refractivity contribution is 0.214. The van der Waals surface area contributed by atoms with Crippen LogP contribution in [-0.4, -0.2) is 38.2 Å². The van der Waals surface area contributed by atoms with Gasteiger partial charge in [0.25, 0.3) is 0 Å². The Kier molecular flexibility index (Phi) is 5.40. The standard InChI is InChI=1S/C16H23N3O/c1-19(15-4-3-8-18-9-7-15)12-14-10-13(11-17)5-6-16(14)20-2/h5-6,10,15,18H,3-4,7-9,12H2,1-2H3. The predicted molar refractivity (Wildman–Crippen MR) is 79.7 cm³/mol. The Morgan fingerprint density at radius 1 is 1.40 bits per heavy atom. The topological polar surface area (TPSA) is 48.3 Å². The van der Waals surface area contributed by atoms with Gasteiger partial charge in [-0.3, -0.25) is 4.90 Å². The second-order valence-electron chi connectivity index (χ2n) is 5.39. The Balaban J connectivity index is 2.09. The van der Waals surface area contributed by atoms with Crippen molar-refractivity contribution in [3.63, 3.8) is 0 Å². The molecule has 1 fully saturated rings. The molecule has 1 aliphatic rings. The van der Waals surface area contributed by atoms with Crippen molar-refractivity contribution < 1.29 is 4.74 Å². The van der Waals surface area contributed by atoms with Crippen molar-refractivity contribution in [2.75, 3.05) is 27.2 Å². The number of nitriles is 1. The first-order valence-electron chi connectivity index (χ1n) is 7.22. The monoisotopic (exact) mass is 273 g/mol. The van der Waals surface area contributed by atoms with Gasteiger partial charge in [0.1, 0.15) is 5.75 Å². The molecule has 1 unspecified atom stereocenters. The van der Waals surface area contributed by atoms with Crippen molar-refractivity contribution in [1.82, 2.24) is 10.2 Å². The minimum atomic E-state index is 0.598. The number of nitrogens with zero attached hydrogens (tertiary/aromatic N) is 2. The van der Waals surface area contributed by atoms with Crippen LogP contribution in [0.3, 0.4) is 0 Å². The van der Waals surface area contributed by atoms with Crippen LogP contribution < -0.4 is 10.1 Å². The first-order chi connectivity index (χ1) is 9.74. The molecule has 0 bridgehead atoms. The Bertz CT molecular complexity index is 473. The smallest absolute Gasteiger partial charge is 0.123 e. The number of benzene rings is 1. The molecule has 0 radical (unpaired) electrons. The highest BCUT2D eigenvalue weighted by Crippen LogP contribution is 2.23. The quantitative estimate of drug-likeness (QED) is 0.913. The molecular weight excluding hydrogens is 250 g/mol. The van der Waals surface area contributed by atoms with E-state index >= 15 is 0 Å². The van der Waals surface area contributed by atoms with Gasteiger partial charge < -0.3 is 10.1 Å². The van der Waals surface area contributed by atoms with Crippen LogP contribution in [0.5, 0.6) is 5.75 Å². The van der Waals surface area contributed by atoms with Crippen molar-refractivity contribution in [2.45, 2.75) is 31.8 Å². The summed E-state index contributed by atoms with van der Waals surface area (Å²) in [5.74, 6) is 0.864. The van der Waals surface area contributed by atoms with E-state index < -0.39 is 0 Å². The van der Waals surface area contributed by atoms with Crippen LogP contribution in [0.4, 0.5) is 0 Å². The molecule has 0 amide bonds. The summed E-state index contributed by atoms with van der Waals surface area (Å²) in [4.78, 5) is 2.38. The van der Waals surface area contributed by atoms with E-state index in [1.165, 1.54) is 19.3 Å². The molecule has 1 N–H and O–H groups in total. The van der Waals surface area contributed by atoms with E-state index in [0.29, 0.717) is 11.6 Å². The van der Waals surface area contributed by atoms with Crippen molar-refractivity contribution in [2.24, 2.45) is 0 Å². The van der Waals surface area contributed by atoms with Gasteiger partial charge >= 0.3 is 0 Å². The largest absolute Gasteiger partial charge is 0.496 e. The van der Waals surface area contributed by atoms with Crippen LogP contribution >= 0.6 is 0 Å². The molecule has 0 aromatic heterocycles. The molecule has 0 aliphatic carbocycles. The number of ether oxygens (including phenoxy) is 1. The summed E-state index contributed by atoms with van der Waals surface area (Å²) in [6.45, 7) is 3.03. The Labute approximate surface area is 121 Å². The van der Waals surface area contributed by atoms with Gasteiger partial charge in [-0.2, -0.15) is 5.26 Å². The number of hydrogen-bond donors (Lipinski definition) is 1. The molecule has 1 aromatic rings. The molecule has 0 saturated carbocycles. The summed E-state index contributed by atoms with van der Waals surface area (Å²) in [6, 6.07) is 8.42. The summed E-state index contributed by atoms with van der Waals surface area (Å²) in [5, 5.41) is 12.5. The molecule has 108 valence electrons. The summed E-state index contributed by atoms with van der Waals surface area (Å²) < 4.78 is 5.41. The molecule has 2 rings (SSSR count). The molecule has 1 aromatic carbocycles. The fourth-order valence-electron chi connectivity index (χ4n) is 2.81. The maximum atomic E-state index is 9.03. The lowest BCUT2D eigenvalue weighted by Gasteiger charge is -2.27. The Morgan fingerprint density at radius 3 is 3.00 bits per heavy atom. The highest BCUT2D eigenvalue weighted by molar-refractivity contribution is 5.42. The third-order valence-electron chi connectivity index (χ3n) is 4.00. The van der Waals surface area contributed by atoms with Crippen LogP contribution in [0.15, 0.2) is 18.2 Å². The van der Waals surface area contributed by atoms with E-state index in [1.807, 2.05) is 12.1 Å². The normalized spacial score (nSPS) is 19.4. The summed E-state index contributed by atoms with van der Waals surface area (Å²) in [7, 11) is 3.84. The SMILES string of the molecule is COc1ccc(C#N)cc1CN(C)C1CCCNCC1. The van der Waals surface area contributed by atoms with Crippen LogP contribution in [0.25, 0.3) is 0 Å². The zero-order valence-corrected chi connectivity index (χ0v) is 12.4. The molecule has 4 heteroatoms. The average molecular weight is 273 g/mol. The molecule has 1 aliphatic heterocycles. The maximum absolute atomic E-state index is 9.03. The third kappa shape index (κ3) is 3.72. The number of rotatable bonds is 4. The van der Waals surface area contributed by atoms with Crippen molar-refractivity contribution in [1.29, 1.82) is 5.26 Å². The van der Waals surface area contributed by atoms with E-state index in [2.05, 4.69) is 23.3 Å². The summed E-state index contributed by atoms with van der Waals surface area (Å²) in [6.07, 6.45) is 3.63. The van der Waals surface area contributed by atoms with Gasteiger partial charge in [-0.15, -0.1) is 0 Å². The van der Waals surface area contributed by atoms with Crippen molar-refractivity contribution in [3.05, 3.63) is 29.3 Å². The van der Waals surface area contributed by atoms with E-state index in [1.54, 1.807) is 13.2 Å². The zero-order valence-electron chi connectivity index (χ0n) is 12.4. The summed E-state index contributed by atoms with van der Waals surface area (Å²) >= 11 is 0. The van der Waals surface area contributed by atoms with Crippen LogP contribution in [0.2, 0.25) is 0 Å². The zero-order chi connectivity index (χ0) is 14.4. The first kappa shape index (κ1) is 14.8. The van der Waals surface area contributed by atoms with Gasteiger partial charge in [0, 0.05) is 18.2 Å². The van der Waals surface area contributed by atoms with Gasteiger partial charge in [0.2, 0.25) is 0 Å². The van der Waals surface area contributed by atoms with Crippen LogP contribution in [-0.2, 0) is 6.54 Å². The van der Waals surface area contributed by atoms with Gasteiger partial charge in [0.05, 0.1) is 18.7 Å². The second-order valence-corrected chi connectivity index (χ2v) is 5.39.